The van der Waals surface area contributed by atoms with E-state index in [4.69, 9.17) is 9.78 Å². The van der Waals surface area contributed by atoms with Gasteiger partial charge in [-0.15, -0.1) is 0 Å². The third kappa shape index (κ3) is 4.67. The van der Waals surface area contributed by atoms with Gasteiger partial charge in [0.05, 0.1) is 28.3 Å². The molecule has 0 saturated heterocycles. The van der Waals surface area contributed by atoms with Crippen molar-refractivity contribution in [2.45, 2.75) is 13.8 Å². The van der Waals surface area contributed by atoms with E-state index >= 15 is 0 Å². The van der Waals surface area contributed by atoms with Crippen LogP contribution in [0.25, 0.3) is 22.1 Å². The van der Waals surface area contributed by atoms with Crippen LogP contribution in [0.2, 0.25) is 0 Å². The predicted octanol–water partition coefficient (Wildman–Crippen LogP) is 4.48. The first-order valence-electron chi connectivity index (χ1n) is 10.6. The number of nitrogens with zero attached hydrogens (tertiary/aromatic N) is 2. The lowest BCUT2D eigenvalue weighted by Gasteiger charge is -2.10. The normalized spacial score (nSPS) is 10.5. The third-order valence-corrected chi connectivity index (χ3v) is 5.35. The number of anilines is 2. The summed E-state index contributed by atoms with van der Waals surface area (Å²) in [6, 6.07) is 15.6. The van der Waals surface area contributed by atoms with Gasteiger partial charge in [-0.3, -0.25) is 14.4 Å². The molecule has 10 nitrogen and oxygen atoms in total. The third-order valence-electron chi connectivity index (χ3n) is 5.35. The highest BCUT2D eigenvalue weighted by Crippen LogP contribution is 2.32. The maximum Gasteiger partial charge on any atom is 0.337 e. The number of benzene rings is 3. The zero-order valence-electron chi connectivity index (χ0n) is 19.1. The minimum absolute atomic E-state index is 0.0229. The average Bonchev–Trinajstić information content (AvgIpc) is 3.26. The van der Waals surface area contributed by atoms with Crippen molar-refractivity contribution in [3.8, 4) is 17.2 Å². The Hall–Kier alpha value is -5.30. The highest BCUT2D eigenvalue weighted by molar-refractivity contribution is 6.14. The number of aromatic nitrogens is 1. The second kappa shape index (κ2) is 9.52. The maximum absolute atomic E-state index is 13.0. The van der Waals surface area contributed by atoms with Crippen LogP contribution >= 0.6 is 0 Å². The number of carboxylic acids is 1. The highest BCUT2D eigenvalue weighted by atomic mass is 16.5. The molecule has 3 N–H and O–H groups in total. The molecule has 0 aliphatic heterocycles. The van der Waals surface area contributed by atoms with Crippen molar-refractivity contribution in [2.75, 3.05) is 10.6 Å². The number of nitrogens with one attached hydrogen (secondary N) is 2. The Bertz CT molecular complexity index is 1600. The van der Waals surface area contributed by atoms with E-state index in [1.165, 1.54) is 32.0 Å². The van der Waals surface area contributed by atoms with Crippen molar-refractivity contribution in [3.05, 3.63) is 77.0 Å². The Morgan fingerprint density at radius 1 is 0.944 bits per heavy atom. The summed E-state index contributed by atoms with van der Waals surface area (Å²) in [5.74, 6) is -2.54. The number of hydrogen-bond acceptors (Lipinski definition) is 7. The van der Waals surface area contributed by atoms with E-state index in [1.807, 2.05) is 6.07 Å². The molecular weight excluding hydrogens is 464 g/mol. The van der Waals surface area contributed by atoms with E-state index in [9.17, 15) is 24.3 Å². The van der Waals surface area contributed by atoms with Gasteiger partial charge < -0.3 is 20.3 Å². The second-order valence-electron chi connectivity index (χ2n) is 7.87. The summed E-state index contributed by atoms with van der Waals surface area (Å²) in [7, 11) is 0. The number of carbonyl (C=O) groups excluding carboxylic acids is 3. The van der Waals surface area contributed by atoms with Gasteiger partial charge in [0.25, 0.3) is 5.91 Å². The summed E-state index contributed by atoms with van der Waals surface area (Å²) < 4.78 is 5.36. The van der Waals surface area contributed by atoms with E-state index in [0.717, 1.165) is 6.07 Å². The number of amides is 2. The zero-order chi connectivity index (χ0) is 26.0. The smallest absolute Gasteiger partial charge is 0.337 e. The molecule has 3 aromatic carbocycles. The van der Waals surface area contributed by atoms with E-state index in [2.05, 4.69) is 15.8 Å². The van der Waals surface area contributed by atoms with Crippen molar-refractivity contribution in [3.63, 3.8) is 0 Å². The average molecular weight is 482 g/mol. The Kier molecular flexibility index (Phi) is 6.30. The molecule has 0 aliphatic carbocycles. The van der Waals surface area contributed by atoms with Crippen LogP contribution in [-0.2, 0) is 4.79 Å². The molecule has 4 rings (SSSR count). The Morgan fingerprint density at radius 2 is 1.67 bits per heavy atom. The molecule has 0 radical (unpaired) electrons. The molecule has 0 atom stereocenters. The fraction of sp³-hybridized carbons (Fsp3) is 0.0769. The van der Waals surface area contributed by atoms with Crippen LogP contribution in [0.5, 0.6) is 0 Å². The Balaban J connectivity index is 1.73. The van der Waals surface area contributed by atoms with E-state index < -0.39 is 11.9 Å². The number of carboxylic acid groups (broad SMARTS) is 1. The Morgan fingerprint density at radius 3 is 2.28 bits per heavy atom. The van der Waals surface area contributed by atoms with Gasteiger partial charge in [-0.25, -0.2) is 4.79 Å². The van der Waals surface area contributed by atoms with E-state index in [1.54, 1.807) is 30.3 Å². The summed E-state index contributed by atoms with van der Waals surface area (Å²) in [6.45, 7) is 2.79. The highest BCUT2D eigenvalue weighted by Gasteiger charge is 2.22. The van der Waals surface area contributed by atoms with Gasteiger partial charge in [0.2, 0.25) is 5.91 Å². The fourth-order valence-electron chi connectivity index (χ4n) is 3.70. The first-order valence-corrected chi connectivity index (χ1v) is 10.6. The molecule has 0 bridgehead atoms. The summed E-state index contributed by atoms with van der Waals surface area (Å²) in [5.41, 5.74) is 2.09. The number of carbonyl (C=O) groups is 4. The van der Waals surface area contributed by atoms with Crippen molar-refractivity contribution in [2.24, 2.45) is 0 Å². The van der Waals surface area contributed by atoms with Crippen LogP contribution in [0, 0.1) is 11.3 Å². The van der Waals surface area contributed by atoms with Gasteiger partial charge in [-0.1, -0.05) is 17.3 Å². The van der Waals surface area contributed by atoms with Crippen LogP contribution in [-0.4, -0.2) is 33.8 Å². The molecule has 10 heteroatoms. The van der Waals surface area contributed by atoms with Gasteiger partial charge in [-0.05, 0) is 60.5 Å². The second-order valence-corrected chi connectivity index (χ2v) is 7.87. The van der Waals surface area contributed by atoms with Gasteiger partial charge >= 0.3 is 5.97 Å². The summed E-state index contributed by atoms with van der Waals surface area (Å²) in [4.78, 5) is 48.3. The SMILES string of the molecule is CC(=O)Nc1ccc(-c2cc3onc(C(=O)Nc4ccc(C#N)cc4C(=O)O)c3cc2C(C)=O)cc1. The van der Waals surface area contributed by atoms with Crippen LogP contribution in [0.3, 0.4) is 0 Å². The molecule has 36 heavy (non-hydrogen) atoms. The lowest BCUT2D eigenvalue weighted by atomic mass is 9.95. The van der Waals surface area contributed by atoms with Crippen LogP contribution in [0.1, 0.15) is 50.6 Å². The number of Topliss-reactive ketones (excluding diaryl/α,β-unsaturated/α-hetero) is 1. The number of fused-ring (bicyclic) bond motifs is 1. The maximum atomic E-state index is 13.0. The number of rotatable bonds is 6. The van der Waals surface area contributed by atoms with Crippen LogP contribution < -0.4 is 10.6 Å². The van der Waals surface area contributed by atoms with E-state index in [-0.39, 0.29) is 45.2 Å². The molecule has 0 spiro atoms. The number of nitriles is 1. The lowest BCUT2D eigenvalue weighted by molar-refractivity contribution is -0.114. The van der Waals surface area contributed by atoms with Crippen molar-refractivity contribution in [1.29, 1.82) is 5.26 Å². The Labute approximate surface area is 204 Å². The zero-order valence-corrected chi connectivity index (χ0v) is 19.1. The molecule has 0 fully saturated rings. The van der Waals surface area contributed by atoms with E-state index in [0.29, 0.717) is 22.4 Å². The van der Waals surface area contributed by atoms with Crippen molar-refractivity contribution in [1.82, 2.24) is 5.16 Å². The molecule has 1 heterocycles. The van der Waals surface area contributed by atoms with Gasteiger partial charge in [0.1, 0.15) is 0 Å². The molecule has 0 saturated carbocycles. The molecule has 0 unspecified atom stereocenters. The molecule has 1 aromatic heterocycles. The molecule has 0 aliphatic rings. The largest absolute Gasteiger partial charge is 0.478 e. The van der Waals surface area contributed by atoms with Gasteiger partial charge in [-0.2, -0.15) is 5.26 Å². The standard InChI is InChI=1S/C26H18N4O6/c1-13(31)18-10-21-23(11-19(18)16-4-6-17(7-5-16)28-14(2)32)36-30-24(21)25(33)29-22-8-3-15(12-27)9-20(22)26(34)35/h3-11H,1-2H3,(H,28,32)(H,29,33)(H,34,35). The monoisotopic (exact) mass is 482 g/mol. The fourth-order valence-corrected chi connectivity index (χ4v) is 3.70. The topological polar surface area (TPSA) is 162 Å². The number of hydrogen-bond donors (Lipinski definition) is 3. The lowest BCUT2D eigenvalue weighted by Crippen LogP contribution is -2.15. The first-order chi connectivity index (χ1) is 17.2. The molecule has 2 amide bonds. The number of aromatic carboxylic acids is 1. The van der Waals surface area contributed by atoms with Crippen LogP contribution in [0.4, 0.5) is 11.4 Å². The van der Waals surface area contributed by atoms with Crippen LogP contribution in [0.15, 0.2) is 59.1 Å². The van der Waals surface area contributed by atoms with Gasteiger partial charge in [0, 0.05) is 18.2 Å². The minimum Gasteiger partial charge on any atom is -0.478 e. The molecular formula is C26H18N4O6. The summed E-state index contributed by atoms with van der Waals surface area (Å²) in [6.07, 6.45) is 0. The van der Waals surface area contributed by atoms with Gasteiger partial charge in [0.15, 0.2) is 17.1 Å². The predicted molar refractivity (Wildman–Crippen MR) is 130 cm³/mol. The number of ketones is 1. The summed E-state index contributed by atoms with van der Waals surface area (Å²) >= 11 is 0. The summed E-state index contributed by atoms with van der Waals surface area (Å²) in [5, 5.41) is 27.7. The quantitative estimate of drug-likeness (QED) is 0.339. The first kappa shape index (κ1) is 23.8. The molecule has 4 aromatic rings. The van der Waals surface area contributed by atoms with Crippen molar-refractivity contribution >= 4 is 45.9 Å². The minimum atomic E-state index is -1.32. The molecule has 178 valence electrons. The van der Waals surface area contributed by atoms with Crippen molar-refractivity contribution < 1.29 is 28.8 Å².